The Morgan fingerprint density at radius 1 is 0.548 bits per heavy atom. The van der Waals surface area contributed by atoms with Crippen LogP contribution in [-0.4, -0.2) is 26.2 Å². The number of anilines is 2. The highest BCUT2D eigenvalue weighted by molar-refractivity contribution is 5.51. The lowest BCUT2D eigenvalue weighted by Crippen LogP contribution is -2.21. The van der Waals surface area contributed by atoms with E-state index < -0.39 is 0 Å². The minimum absolute atomic E-state index is 0.400. The van der Waals surface area contributed by atoms with Crippen LogP contribution in [0.15, 0.2) is 78.9 Å². The van der Waals surface area contributed by atoms with Gasteiger partial charge in [0, 0.05) is 43.5 Å². The Kier molecular flexibility index (Phi) is 8.58. The van der Waals surface area contributed by atoms with Gasteiger partial charge in [0.15, 0.2) is 0 Å². The fraction of sp³-hybridized carbons (Fsp3) is 0.379. The zero-order valence-electron chi connectivity index (χ0n) is 19.7. The van der Waals surface area contributed by atoms with E-state index >= 15 is 0 Å². The lowest BCUT2D eigenvalue weighted by molar-refractivity contribution is 0.714. The van der Waals surface area contributed by atoms with E-state index in [0.29, 0.717) is 5.92 Å². The number of hydrogen-bond donors (Lipinski definition) is 0. The predicted octanol–water partition coefficient (Wildman–Crippen LogP) is 7.14. The Balaban J connectivity index is 1.87. The largest absolute Gasteiger partial charge is 0.372 e. The van der Waals surface area contributed by atoms with Crippen LogP contribution in [0.5, 0.6) is 0 Å². The normalized spacial score (nSPS) is 11.0. The maximum absolute atomic E-state index is 2.40. The first-order chi connectivity index (χ1) is 15.2. The van der Waals surface area contributed by atoms with Gasteiger partial charge >= 0.3 is 0 Å². The van der Waals surface area contributed by atoms with E-state index in [0.717, 1.165) is 39.0 Å². The molecule has 31 heavy (non-hydrogen) atoms. The molecule has 0 amide bonds. The van der Waals surface area contributed by atoms with Gasteiger partial charge in [-0.3, -0.25) is 0 Å². The lowest BCUT2D eigenvalue weighted by Gasteiger charge is -2.24. The van der Waals surface area contributed by atoms with E-state index in [2.05, 4.69) is 116 Å². The molecule has 0 spiro atoms. The minimum Gasteiger partial charge on any atom is -0.372 e. The molecule has 3 aromatic carbocycles. The minimum atomic E-state index is 0.400. The molecule has 0 aliphatic heterocycles. The molecular weight excluding hydrogens is 376 g/mol. The summed E-state index contributed by atoms with van der Waals surface area (Å²) in [5.41, 5.74) is 6.84. The van der Waals surface area contributed by atoms with E-state index in [9.17, 15) is 0 Å². The molecule has 0 unspecified atom stereocenters. The summed E-state index contributed by atoms with van der Waals surface area (Å²) >= 11 is 0. The number of hydrogen-bond acceptors (Lipinski definition) is 2. The highest BCUT2D eigenvalue weighted by Crippen LogP contribution is 2.32. The Hall–Kier alpha value is -2.74. The van der Waals surface area contributed by atoms with Crippen molar-refractivity contribution < 1.29 is 0 Å². The van der Waals surface area contributed by atoms with Gasteiger partial charge in [0.05, 0.1) is 0 Å². The number of aryl methyl sites for hydroxylation is 1. The van der Waals surface area contributed by atoms with Crippen LogP contribution >= 0.6 is 0 Å². The molecule has 0 radical (unpaired) electrons. The van der Waals surface area contributed by atoms with Crippen LogP contribution in [0.1, 0.15) is 56.7 Å². The quantitative estimate of drug-likeness (QED) is 0.329. The van der Waals surface area contributed by atoms with E-state index in [1.165, 1.54) is 28.1 Å². The van der Waals surface area contributed by atoms with Gasteiger partial charge in [-0.2, -0.15) is 0 Å². The molecule has 0 aliphatic rings. The second-order valence-corrected chi connectivity index (χ2v) is 8.10. The third-order valence-corrected chi connectivity index (χ3v) is 6.41. The Morgan fingerprint density at radius 3 is 1.35 bits per heavy atom. The lowest BCUT2D eigenvalue weighted by atomic mass is 9.86. The zero-order valence-corrected chi connectivity index (χ0v) is 19.7. The van der Waals surface area contributed by atoms with Gasteiger partial charge in [0.25, 0.3) is 0 Å². The smallest absolute Gasteiger partial charge is 0.0366 e. The fourth-order valence-electron chi connectivity index (χ4n) is 4.49. The summed E-state index contributed by atoms with van der Waals surface area (Å²) in [7, 11) is 0. The molecule has 0 aliphatic carbocycles. The number of nitrogens with zero attached hydrogens (tertiary/aromatic N) is 2. The van der Waals surface area contributed by atoms with Crippen molar-refractivity contribution in [2.75, 3.05) is 36.0 Å². The molecular formula is C29H38N2. The molecule has 0 fully saturated rings. The summed E-state index contributed by atoms with van der Waals surface area (Å²) in [5, 5.41) is 0. The molecule has 0 N–H and O–H groups in total. The second kappa shape index (κ2) is 11.6. The molecule has 0 saturated carbocycles. The molecule has 0 aromatic heterocycles. The Morgan fingerprint density at radius 2 is 0.968 bits per heavy atom. The number of benzene rings is 3. The van der Waals surface area contributed by atoms with Gasteiger partial charge in [-0.1, -0.05) is 54.6 Å². The van der Waals surface area contributed by atoms with Crippen molar-refractivity contribution in [1.82, 2.24) is 0 Å². The van der Waals surface area contributed by atoms with Crippen molar-refractivity contribution >= 4 is 11.4 Å². The van der Waals surface area contributed by atoms with Gasteiger partial charge in [0.1, 0.15) is 0 Å². The maximum Gasteiger partial charge on any atom is 0.0366 e. The van der Waals surface area contributed by atoms with Crippen LogP contribution < -0.4 is 9.80 Å². The standard InChI is InChI=1S/C29H38N2/c1-5-30(6-2)27-19-15-25(16-20-27)29(23-14-24-12-10-9-11-13-24)26-17-21-28(22-18-26)31(7-3)8-4/h9-13,15-22,29H,5-8,14,23H2,1-4H3. The molecule has 0 bridgehead atoms. The van der Waals surface area contributed by atoms with E-state index in [1.54, 1.807) is 0 Å². The maximum atomic E-state index is 2.40. The van der Waals surface area contributed by atoms with Crippen molar-refractivity contribution in [3.63, 3.8) is 0 Å². The summed E-state index contributed by atoms with van der Waals surface area (Å²) in [6.07, 6.45) is 2.19. The highest BCUT2D eigenvalue weighted by atomic mass is 15.1. The van der Waals surface area contributed by atoms with E-state index in [-0.39, 0.29) is 0 Å². The van der Waals surface area contributed by atoms with Gasteiger partial charge in [-0.15, -0.1) is 0 Å². The Bertz CT molecular complexity index is 821. The fourth-order valence-corrected chi connectivity index (χ4v) is 4.49. The van der Waals surface area contributed by atoms with Crippen molar-refractivity contribution in [1.29, 1.82) is 0 Å². The zero-order chi connectivity index (χ0) is 22.1. The first-order valence-corrected chi connectivity index (χ1v) is 11.9. The van der Waals surface area contributed by atoms with Crippen LogP contribution in [0.25, 0.3) is 0 Å². The van der Waals surface area contributed by atoms with Gasteiger partial charge in [-0.05, 0) is 81.5 Å². The highest BCUT2D eigenvalue weighted by Gasteiger charge is 2.16. The summed E-state index contributed by atoms with van der Waals surface area (Å²) in [6.45, 7) is 13.0. The summed E-state index contributed by atoms with van der Waals surface area (Å²) in [5.74, 6) is 0.400. The summed E-state index contributed by atoms with van der Waals surface area (Å²) in [6, 6.07) is 29.4. The molecule has 3 rings (SSSR count). The van der Waals surface area contributed by atoms with Gasteiger partial charge in [0.2, 0.25) is 0 Å². The molecule has 2 nitrogen and oxygen atoms in total. The number of rotatable bonds is 11. The first kappa shape index (κ1) is 22.9. The van der Waals surface area contributed by atoms with Gasteiger partial charge in [-0.25, -0.2) is 0 Å². The van der Waals surface area contributed by atoms with Crippen LogP contribution in [0.2, 0.25) is 0 Å². The molecule has 2 heteroatoms. The Labute approximate surface area is 189 Å². The second-order valence-electron chi connectivity index (χ2n) is 8.10. The average molecular weight is 415 g/mol. The van der Waals surface area contributed by atoms with Crippen LogP contribution in [0.3, 0.4) is 0 Å². The molecule has 0 heterocycles. The van der Waals surface area contributed by atoms with Crippen molar-refractivity contribution in [2.45, 2.75) is 46.5 Å². The van der Waals surface area contributed by atoms with E-state index in [1.807, 2.05) is 0 Å². The van der Waals surface area contributed by atoms with Crippen molar-refractivity contribution in [3.05, 3.63) is 95.6 Å². The van der Waals surface area contributed by atoms with Crippen LogP contribution in [-0.2, 0) is 6.42 Å². The van der Waals surface area contributed by atoms with Crippen molar-refractivity contribution in [3.8, 4) is 0 Å². The SMILES string of the molecule is CCN(CC)c1ccc(C(CCc2ccccc2)c2ccc(N(CC)CC)cc2)cc1. The molecule has 164 valence electrons. The third-order valence-electron chi connectivity index (χ3n) is 6.41. The topological polar surface area (TPSA) is 6.48 Å². The monoisotopic (exact) mass is 414 g/mol. The predicted molar refractivity (Wildman–Crippen MR) is 137 cm³/mol. The van der Waals surface area contributed by atoms with Crippen LogP contribution in [0.4, 0.5) is 11.4 Å². The summed E-state index contributed by atoms with van der Waals surface area (Å²) in [4.78, 5) is 4.81. The third kappa shape index (κ3) is 5.91. The van der Waals surface area contributed by atoms with Crippen molar-refractivity contribution in [2.24, 2.45) is 0 Å². The average Bonchev–Trinajstić information content (AvgIpc) is 2.83. The first-order valence-electron chi connectivity index (χ1n) is 11.9. The molecule has 3 aromatic rings. The molecule has 0 atom stereocenters. The van der Waals surface area contributed by atoms with Gasteiger partial charge < -0.3 is 9.80 Å². The van der Waals surface area contributed by atoms with E-state index in [4.69, 9.17) is 0 Å². The van der Waals surface area contributed by atoms with Crippen LogP contribution in [0, 0.1) is 0 Å². The molecule has 0 saturated heterocycles. The summed E-state index contributed by atoms with van der Waals surface area (Å²) < 4.78 is 0.